The van der Waals surface area contributed by atoms with Crippen LogP contribution >= 0.6 is 23.4 Å². The molecule has 0 saturated carbocycles. The average Bonchev–Trinajstić information content (AvgIpc) is 3.14. The Morgan fingerprint density at radius 1 is 1.04 bits per heavy atom. The summed E-state index contributed by atoms with van der Waals surface area (Å²) in [6, 6.07) is 8.42. The summed E-state index contributed by atoms with van der Waals surface area (Å²) in [5, 5.41) is 1.39. The van der Waals surface area contributed by atoms with Gasteiger partial charge in [0.25, 0.3) is 0 Å². The first-order valence-corrected chi connectivity index (χ1v) is 11.0. The normalized spacial score (nSPS) is 12.4. The maximum atomic E-state index is 6.06. The van der Waals surface area contributed by atoms with Crippen LogP contribution in [-0.4, -0.2) is 15.3 Å². The maximum Gasteiger partial charge on any atom is 0.0945 e. The van der Waals surface area contributed by atoms with Crippen molar-refractivity contribution in [1.29, 1.82) is 0 Å². The third-order valence-electron chi connectivity index (χ3n) is 4.50. The summed E-state index contributed by atoms with van der Waals surface area (Å²) in [6.45, 7) is 3.32. The van der Waals surface area contributed by atoms with Crippen molar-refractivity contribution in [2.45, 2.75) is 70.1 Å². The molecule has 0 amide bonds. The highest BCUT2D eigenvalue weighted by molar-refractivity contribution is 7.99. The van der Waals surface area contributed by atoms with E-state index in [0.29, 0.717) is 5.25 Å². The molecule has 25 heavy (non-hydrogen) atoms. The van der Waals surface area contributed by atoms with Crippen molar-refractivity contribution in [3.05, 3.63) is 53.6 Å². The van der Waals surface area contributed by atoms with Crippen molar-refractivity contribution in [3.8, 4) is 0 Å². The molecular weight excluding hydrogens is 348 g/mol. The molecule has 0 aliphatic rings. The summed E-state index contributed by atoms with van der Waals surface area (Å²) in [7, 11) is 0. The molecule has 0 N–H and O–H groups in total. The molecule has 2 rings (SSSR count). The summed E-state index contributed by atoms with van der Waals surface area (Å²) in [5.74, 6) is 1.25. The van der Waals surface area contributed by atoms with Gasteiger partial charge in [-0.2, -0.15) is 11.8 Å². The van der Waals surface area contributed by atoms with Crippen molar-refractivity contribution in [3.63, 3.8) is 0 Å². The summed E-state index contributed by atoms with van der Waals surface area (Å²) >= 11 is 8.17. The van der Waals surface area contributed by atoms with Crippen molar-refractivity contribution < 1.29 is 0 Å². The second-order valence-electron chi connectivity index (χ2n) is 6.62. The Bertz CT molecular complexity index is 554. The molecule has 0 saturated heterocycles. The molecule has 2 nitrogen and oxygen atoms in total. The molecule has 1 atom stereocenters. The Morgan fingerprint density at radius 2 is 1.80 bits per heavy atom. The van der Waals surface area contributed by atoms with E-state index in [1.54, 1.807) is 0 Å². The maximum absolute atomic E-state index is 6.06. The quantitative estimate of drug-likeness (QED) is 0.344. The van der Waals surface area contributed by atoms with Crippen LogP contribution in [0.2, 0.25) is 5.02 Å². The van der Waals surface area contributed by atoms with Gasteiger partial charge in [0.2, 0.25) is 0 Å². The number of hydrogen-bond acceptors (Lipinski definition) is 2. The fraction of sp³-hybridized carbons (Fsp3) is 0.571. The minimum atomic E-state index is 0.566. The van der Waals surface area contributed by atoms with Gasteiger partial charge in [0.1, 0.15) is 0 Å². The molecular formula is C21H31ClN2S. The third-order valence-corrected chi connectivity index (χ3v) is 6.19. The topological polar surface area (TPSA) is 17.8 Å². The molecule has 0 radical (unpaired) electrons. The van der Waals surface area contributed by atoms with Crippen LogP contribution in [0.3, 0.4) is 0 Å². The van der Waals surface area contributed by atoms with Gasteiger partial charge in [-0.25, -0.2) is 4.98 Å². The SMILES string of the molecule is CCCCCCCCSC(CCCn1ccnc1)c1ccc(Cl)cc1. The number of imidazole rings is 1. The van der Waals surface area contributed by atoms with Crippen LogP contribution in [0.4, 0.5) is 0 Å². The fourth-order valence-corrected chi connectivity index (χ4v) is 4.47. The predicted octanol–water partition coefficient (Wildman–Crippen LogP) is 7.15. The number of unbranched alkanes of at least 4 members (excludes halogenated alkanes) is 5. The van der Waals surface area contributed by atoms with Gasteiger partial charge in [0, 0.05) is 29.2 Å². The van der Waals surface area contributed by atoms with E-state index >= 15 is 0 Å². The summed E-state index contributed by atoms with van der Waals surface area (Å²) < 4.78 is 2.16. The van der Waals surface area contributed by atoms with Crippen molar-refractivity contribution >= 4 is 23.4 Å². The zero-order valence-electron chi connectivity index (χ0n) is 15.4. The first-order valence-electron chi connectivity index (χ1n) is 9.62. The van der Waals surface area contributed by atoms with Gasteiger partial charge in [0.05, 0.1) is 6.33 Å². The largest absolute Gasteiger partial charge is 0.337 e. The zero-order valence-corrected chi connectivity index (χ0v) is 16.9. The van der Waals surface area contributed by atoms with Gasteiger partial charge in [-0.1, -0.05) is 62.8 Å². The highest BCUT2D eigenvalue weighted by Gasteiger charge is 2.12. The Kier molecular flexibility index (Phi) is 10.1. The Balaban J connectivity index is 1.76. The molecule has 4 heteroatoms. The van der Waals surface area contributed by atoms with E-state index in [-0.39, 0.29) is 0 Å². The van der Waals surface area contributed by atoms with Crippen molar-refractivity contribution in [2.24, 2.45) is 0 Å². The van der Waals surface area contributed by atoms with E-state index in [4.69, 9.17) is 11.6 Å². The smallest absolute Gasteiger partial charge is 0.0945 e. The monoisotopic (exact) mass is 378 g/mol. The van der Waals surface area contributed by atoms with E-state index in [2.05, 4.69) is 40.4 Å². The van der Waals surface area contributed by atoms with E-state index < -0.39 is 0 Å². The van der Waals surface area contributed by atoms with Crippen LogP contribution in [-0.2, 0) is 6.54 Å². The number of hydrogen-bond donors (Lipinski definition) is 0. The van der Waals surface area contributed by atoms with Crippen LogP contribution < -0.4 is 0 Å². The van der Waals surface area contributed by atoms with Gasteiger partial charge < -0.3 is 4.57 Å². The standard InChI is InChI=1S/C21H31ClN2S/c1-2-3-4-5-6-7-17-25-21(19-10-12-20(22)13-11-19)9-8-15-24-16-14-23-18-24/h10-14,16,18,21H,2-9,15,17H2,1H3. The second kappa shape index (κ2) is 12.4. The van der Waals surface area contributed by atoms with Gasteiger partial charge in [-0.05, 0) is 42.7 Å². The van der Waals surface area contributed by atoms with Gasteiger partial charge in [0.15, 0.2) is 0 Å². The Labute approximate surface area is 162 Å². The molecule has 1 unspecified atom stereocenters. The lowest BCUT2D eigenvalue weighted by atomic mass is 10.1. The third kappa shape index (κ3) is 8.33. The zero-order chi connectivity index (χ0) is 17.7. The average molecular weight is 379 g/mol. The number of aromatic nitrogens is 2. The van der Waals surface area contributed by atoms with Gasteiger partial charge >= 0.3 is 0 Å². The fourth-order valence-electron chi connectivity index (χ4n) is 3.01. The first-order chi connectivity index (χ1) is 12.3. The summed E-state index contributed by atoms with van der Waals surface area (Å²) in [6.07, 6.45) is 16.4. The second-order valence-corrected chi connectivity index (χ2v) is 8.37. The first kappa shape index (κ1) is 20.4. The molecule has 0 aliphatic heterocycles. The highest BCUT2D eigenvalue weighted by atomic mass is 35.5. The van der Waals surface area contributed by atoms with Gasteiger partial charge in [-0.15, -0.1) is 0 Å². The number of aryl methyl sites for hydroxylation is 1. The van der Waals surface area contributed by atoms with Crippen LogP contribution in [0.15, 0.2) is 43.0 Å². The molecule has 2 aromatic rings. The minimum absolute atomic E-state index is 0.566. The minimum Gasteiger partial charge on any atom is -0.337 e. The lowest BCUT2D eigenvalue weighted by Crippen LogP contribution is -2.00. The molecule has 138 valence electrons. The molecule has 0 spiro atoms. The number of halogens is 1. The molecule has 0 aliphatic carbocycles. The Morgan fingerprint density at radius 3 is 2.52 bits per heavy atom. The van der Waals surface area contributed by atoms with Gasteiger partial charge in [-0.3, -0.25) is 0 Å². The molecule has 1 aromatic heterocycles. The van der Waals surface area contributed by atoms with Crippen LogP contribution in [0.5, 0.6) is 0 Å². The van der Waals surface area contributed by atoms with Crippen LogP contribution in [0.25, 0.3) is 0 Å². The van der Waals surface area contributed by atoms with E-state index in [0.717, 1.165) is 11.6 Å². The number of thioether (sulfide) groups is 1. The molecule has 1 heterocycles. The summed E-state index contributed by atoms with van der Waals surface area (Å²) in [5.41, 5.74) is 1.41. The lowest BCUT2D eigenvalue weighted by molar-refractivity contribution is 0.602. The van der Waals surface area contributed by atoms with Crippen molar-refractivity contribution in [1.82, 2.24) is 9.55 Å². The predicted molar refractivity (Wildman–Crippen MR) is 111 cm³/mol. The molecule has 1 aromatic carbocycles. The van der Waals surface area contributed by atoms with Crippen molar-refractivity contribution in [2.75, 3.05) is 5.75 Å². The molecule has 0 bridgehead atoms. The van der Waals surface area contributed by atoms with Crippen LogP contribution in [0.1, 0.15) is 69.1 Å². The van der Waals surface area contributed by atoms with E-state index in [1.807, 2.05) is 30.9 Å². The Hall–Kier alpha value is -0.930. The van der Waals surface area contributed by atoms with Crippen LogP contribution in [0, 0.1) is 0 Å². The van der Waals surface area contributed by atoms with E-state index in [1.165, 1.54) is 62.7 Å². The number of benzene rings is 1. The summed E-state index contributed by atoms with van der Waals surface area (Å²) in [4.78, 5) is 4.12. The highest BCUT2D eigenvalue weighted by Crippen LogP contribution is 2.34. The molecule has 0 fully saturated rings. The number of rotatable bonds is 13. The van der Waals surface area contributed by atoms with E-state index in [9.17, 15) is 0 Å². The lowest BCUT2D eigenvalue weighted by Gasteiger charge is -2.17. The number of nitrogens with zero attached hydrogens (tertiary/aromatic N) is 2.